The third kappa shape index (κ3) is 4.10. The zero-order chi connectivity index (χ0) is 5.21. The second-order valence-corrected chi connectivity index (χ2v) is 4.13. The van der Waals surface area contributed by atoms with Gasteiger partial charge in [-0.3, -0.25) is 0 Å². The van der Waals surface area contributed by atoms with Crippen molar-refractivity contribution in [3.05, 3.63) is 0 Å². The molecule has 4 heteroatoms. The summed E-state index contributed by atoms with van der Waals surface area (Å²) < 4.78 is 0. The highest BCUT2D eigenvalue weighted by molar-refractivity contribution is 6.62. The van der Waals surface area contributed by atoms with Crippen LogP contribution in [0.2, 0.25) is 6.55 Å². The molecule has 0 aliphatic carbocycles. The molecule has 0 aliphatic rings. The van der Waals surface area contributed by atoms with Crippen LogP contribution >= 0.6 is 0 Å². The van der Waals surface area contributed by atoms with Gasteiger partial charge in [-0.25, -0.2) is 0 Å². The van der Waals surface area contributed by atoms with Crippen molar-refractivity contribution in [1.82, 2.24) is 0 Å². The normalized spacial score (nSPS) is 12.0. The summed E-state index contributed by atoms with van der Waals surface area (Å²) in [5, 5.41) is 7.96. The van der Waals surface area contributed by atoms with Crippen molar-refractivity contribution in [2.24, 2.45) is 0 Å². The van der Waals surface area contributed by atoms with Gasteiger partial charge in [-0.15, -0.1) is 0 Å². The van der Waals surface area contributed by atoms with E-state index < -0.39 is 14.8 Å². The Morgan fingerprint density at radius 2 is 1.67 bits per heavy atom. The molecular weight excluding hydrogens is 100 g/mol. The fraction of sp³-hybridized carbons (Fsp3) is 1.00. The molecule has 0 bridgehead atoms. The van der Waals surface area contributed by atoms with E-state index in [1.54, 1.807) is 0 Å². The van der Waals surface area contributed by atoms with E-state index in [4.69, 9.17) is 14.7 Å². The van der Waals surface area contributed by atoms with E-state index in [1.807, 2.05) is 0 Å². The lowest BCUT2D eigenvalue weighted by atomic mass is 11.7. The summed E-state index contributed by atoms with van der Waals surface area (Å²) in [5.41, 5.74) is 0. The fourth-order valence-corrected chi connectivity index (χ4v) is 0. The van der Waals surface area contributed by atoms with E-state index in [9.17, 15) is 0 Å². The molecule has 0 radical (unpaired) electrons. The van der Waals surface area contributed by atoms with Gasteiger partial charge < -0.3 is 14.7 Å². The van der Waals surface area contributed by atoms with Crippen LogP contribution < -0.4 is 0 Å². The average molecular weight is 108 g/mol. The molecule has 0 heterocycles. The SMILES string of the molecule is C[Si](O)(O)CO. The zero-order valence-electron chi connectivity index (χ0n) is 3.55. The van der Waals surface area contributed by atoms with E-state index >= 15 is 0 Å². The highest BCUT2D eigenvalue weighted by Crippen LogP contribution is 1.83. The van der Waals surface area contributed by atoms with Crippen molar-refractivity contribution in [2.45, 2.75) is 6.55 Å². The summed E-state index contributed by atoms with van der Waals surface area (Å²) in [6.07, 6.45) is -0.479. The summed E-state index contributed by atoms with van der Waals surface area (Å²) in [5.74, 6) is 0. The van der Waals surface area contributed by atoms with Gasteiger partial charge in [-0.05, 0) is 6.55 Å². The third-order valence-electron chi connectivity index (χ3n) is 0.300. The molecule has 6 heavy (non-hydrogen) atoms. The van der Waals surface area contributed by atoms with Gasteiger partial charge >= 0.3 is 8.56 Å². The zero-order valence-corrected chi connectivity index (χ0v) is 4.55. The minimum atomic E-state index is -3.08. The molecule has 38 valence electrons. The minimum Gasteiger partial charge on any atom is -0.410 e. The Balaban J connectivity index is 3.17. The molecule has 0 aliphatic heterocycles. The van der Waals surface area contributed by atoms with E-state index in [0.717, 1.165) is 0 Å². The predicted molar refractivity (Wildman–Crippen MR) is 23.1 cm³/mol. The smallest absolute Gasteiger partial charge is 0.355 e. The molecule has 0 rings (SSSR count). The van der Waals surface area contributed by atoms with Crippen molar-refractivity contribution in [1.29, 1.82) is 0 Å². The maximum atomic E-state index is 8.27. The summed E-state index contributed by atoms with van der Waals surface area (Å²) in [6.45, 7) is 1.24. The largest absolute Gasteiger partial charge is 0.410 e. The van der Waals surface area contributed by atoms with Crippen LogP contribution in [0.5, 0.6) is 0 Å². The second-order valence-electron chi connectivity index (χ2n) is 1.38. The lowest BCUT2D eigenvalue weighted by Crippen LogP contribution is -2.35. The second kappa shape index (κ2) is 1.70. The van der Waals surface area contributed by atoms with Crippen molar-refractivity contribution in [2.75, 3.05) is 6.23 Å². The van der Waals surface area contributed by atoms with Crippen LogP contribution in [0, 0.1) is 0 Å². The number of hydrogen-bond acceptors (Lipinski definition) is 3. The van der Waals surface area contributed by atoms with Gasteiger partial charge in [-0.2, -0.15) is 0 Å². The van der Waals surface area contributed by atoms with Crippen LogP contribution in [0.1, 0.15) is 0 Å². The van der Waals surface area contributed by atoms with Gasteiger partial charge in [0.15, 0.2) is 0 Å². The first-order valence-corrected chi connectivity index (χ1v) is 4.22. The molecule has 0 saturated carbocycles. The molecule has 0 aromatic carbocycles. The van der Waals surface area contributed by atoms with E-state index in [1.165, 1.54) is 6.55 Å². The molecule has 0 aromatic rings. The fourth-order valence-electron chi connectivity index (χ4n) is 0. The minimum absolute atomic E-state index is 0.479. The Hall–Kier alpha value is 0.0969. The molecule has 0 amide bonds. The van der Waals surface area contributed by atoms with Gasteiger partial charge in [0.1, 0.15) is 0 Å². The topological polar surface area (TPSA) is 60.7 Å². The Kier molecular flexibility index (Phi) is 1.73. The molecular formula is C2H8O3Si. The Morgan fingerprint density at radius 1 is 1.50 bits per heavy atom. The molecule has 0 unspecified atom stereocenters. The average Bonchev–Trinajstić information content (AvgIpc) is 1.35. The highest BCUT2D eigenvalue weighted by Gasteiger charge is 2.18. The molecule has 0 saturated heterocycles. The molecule has 3 nitrogen and oxygen atoms in total. The van der Waals surface area contributed by atoms with E-state index in [0.29, 0.717) is 0 Å². The molecule has 0 aromatic heterocycles. The third-order valence-corrected chi connectivity index (χ3v) is 0.899. The van der Waals surface area contributed by atoms with Crippen molar-refractivity contribution >= 4 is 8.56 Å². The van der Waals surface area contributed by atoms with Crippen LogP contribution in [0.25, 0.3) is 0 Å². The van der Waals surface area contributed by atoms with Gasteiger partial charge in [0, 0.05) is 0 Å². The monoisotopic (exact) mass is 108 g/mol. The Bertz CT molecular complexity index is 38.5. The van der Waals surface area contributed by atoms with Crippen LogP contribution in [0.15, 0.2) is 0 Å². The van der Waals surface area contributed by atoms with Crippen LogP contribution in [0.3, 0.4) is 0 Å². The van der Waals surface area contributed by atoms with Gasteiger partial charge in [0.2, 0.25) is 0 Å². The van der Waals surface area contributed by atoms with Gasteiger partial charge in [0.25, 0.3) is 0 Å². The van der Waals surface area contributed by atoms with Crippen molar-refractivity contribution in [3.8, 4) is 0 Å². The highest BCUT2D eigenvalue weighted by atomic mass is 28.4. The Morgan fingerprint density at radius 3 is 1.67 bits per heavy atom. The predicted octanol–water partition coefficient (Wildman–Crippen LogP) is -1.43. The van der Waals surface area contributed by atoms with Gasteiger partial charge in [0.05, 0.1) is 6.23 Å². The number of hydrogen-bond donors (Lipinski definition) is 3. The standard InChI is InChI=1S/C2H8O3Si/c1-6(4,5)2-3/h3-5H,2H2,1H3. The van der Waals surface area contributed by atoms with E-state index in [2.05, 4.69) is 0 Å². The first-order valence-electron chi connectivity index (χ1n) is 1.62. The van der Waals surface area contributed by atoms with E-state index in [-0.39, 0.29) is 0 Å². The lowest BCUT2D eigenvalue weighted by molar-refractivity contribution is 0.269. The summed E-state index contributed by atoms with van der Waals surface area (Å²) in [4.78, 5) is 16.5. The van der Waals surface area contributed by atoms with Crippen LogP contribution in [-0.2, 0) is 0 Å². The van der Waals surface area contributed by atoms with Crippen LogP contribution in [-0.4, -0.2) is 29.5 Å². The number of aliphatic hydroxyl groups is 1. The quantitative estimate of drug-likeness (QED) is 0.361. The first-order chi connectivity index (χ1) is 2.56. The maximum absolute atomic E-state index is 8.27. The molecule has 0 atom stereocenters. The summed E-state index contributed by atoms with van der Waals surface area (Å²) in [7, 11) is -3.08. The lowest BCUT2D eigenvalue weighted by Gasteiger charge is -2.03. The van der Waals surface area contributed by atoms with Crippen molar-refractivity contribution < 1.29 is 14.7 Å². The van der Waals surface area contributed by atoms with Crippen molar-refractivity contribution in [3.63, 3.8) is 0 Å². The number of rotatable bonds is 1. The maximum Gasteiger partial charge on any atom is 0.355 e. The van der Waals surface area contributed by atoms with Crippen LogP contribution in [0.4, 0.5) is 0 Å². The number of aliphatic hydroxyl groups excluding tert-OH is 1. The summed E-state index contributed by atoms with van der Waals surface area (Å²) >= 11 is 0. The molecule has 3 N–H and O–H groups in total. The molecule has 0 spiro atoms. The first kappa shape index (κ1) is 6.10. The van der Waals surface area contributed by atoms with Gasteiger partial charge in [-0.1, -0.05) is 0 Å². The molecule has 0 fully saturated rings. The Labute approximate surface area is 37.1 Å². The summed E-state index contributed by atoms with van der Waals surface area (Å²) in [6, 6.07) is 0.